The molecule has 2 aliphatic rings. The number of aliphatic hydroxyl groups excluding tert-OH is 1. The summed E-state index contributed by atoms with van der Waals surface area (Å²) in [7, 11) is 0. The molecule has 1 saturated heterocycles. The van der Waals surface area contributed by atoms with Crippen LogP contribution >= 0.6 is 0 Å². The minimum atomic E-state index is -0.543. The largest absolute Gasteiger partial charge is 0.490 e. The monoisotopic (exact) mass is 304 g/mol. The zero-order valence-electron chi connectivity index (χ0n) is 13.2. The second-order valence-corrected chi connectivity index (χ2v) is 6.54. The number of aliphatic hydroxyl groups is 1. The van der Waals surface area contributed by atoms with Crippen molar-refractivity contribution in [3.05, 3.63) is 28.8 Å². The van der Waals surface area contributed by atoms with Crippen LogP contribution in [0.5, 0.6) is 5.75 Å². The Morgan fingerprint density at radius 1 is 1.32 bits per heavy atom. The number of benzene rings is 1. The minimum Gasteiger partial charge on any atom is -0.490 e. The third kappa shape index (κ3) is 2.71. The van der Waals surface area contributed by atoms with Crippen LogP contribution in [0.25, 0.3) is 0 Å². The highest BCUT2D eigenvalue weighted by atomic mass is 16.5. The number of hydrogen-bond donors (Lipinski definition) is 2. The van der Waals surface area contributed by atoms with Gasteiger partial charge in [0.15, 0.2) is 0 Å². The van der Waals surface area contributed by atoms with Crippen molar-refractivity contribution in [1.29, 1.82) is 0 Å². The number of rotatable bonds is 2. The first-order valence-electron chi connectivity index (χ1n) is 7.92. The van der Waals surface area contributed by atoms with Crippen molar-refractivity contribution in [2.75, 3.05) is 19.7 Å². The second kappa shape index (κ2) is 5.89. The van der Waals surface area contributed by atoms with Gasteiger partial charge in [-0.1, -0.05) is 17.7 Å². The summed E-state index contributed by atoms with van der Waals surface area (Å²) >= 11 is 0. The number of hydrogen-bond acceptors (Lipinski definition) is 4. The maximum Gasteiger partial charge on any atom is 0.220 e. The second-order valence-electron chi connectivity index (χ2n) is 6.54. The maximum absolute atomic E-state index is 11.3. The lowest BCUT2D eigenvalue weighted by Gasteiger charge is -2.42. The van der Waals surface area contributed by atoms with Crippen LogP contribution in [0.15, 0.2) is 12.1 Å². The predicted molar refractivity (Wildman–Crippen MR) is 83.7 cm³/mol. The van der Waals surface area contributed by atoms with Crippen molar-refractivity contribution in [2.24, 2.45) is 11.7 Å². The average Bonchev–Trinajstić information content (AvgIpc) is 2.47. The summed E-state index contributed by atoms with van der Waals surface area (Å²) in [6.45, 7) is 5.98. The van der Waals surface area contributed by atoms with Gasteiger partial charge in [0, 0.05) is 11.5 Å². The summed E-state index contributed by atoms with van der Waals surface area (Å²) in [6.07, 6.45) is 0.984. The maximum atomic E-state index is 11.3. The number of primary amides is 1. The van der Waals surface area contributed by atoms with Crippen LogP contribution in [-0.2, 0) is 4.79 Å². The van der Waals surface area contributed by atoms with E-state index in [-0.39, 0.29) is 17.9 Å². The number of carbonyl (C=O) groups excluding carboxylic acids is 1. The molecule has 2 aliphatic heterocycles. The first kappa shape index (κ1) is 15.3. The lowest BCUT2D eigenvalue weighted by atomic mass is 9.89. The third-order valence-electron chi connectivity index (χ3n) is 4.85. The first-order chi connectivity index (χ1) is 10.5. The molecule has 0 saturated carbocycles. The number of ether oxygens (including phenoxy) is 1. The number of amides is 1. The summed E-state index contributed by atoms with van der Waals surface area (Å²) in [6, 6.07) is 4.15. The highest BCUT2D eigenvalue weighted by Crippen LogP contribution is 2.40. The average molecular weight is 304 g/mol. The Hall–Kier alpha value is -1.59. The van der Waals surface area contributed by atoms with E-state index in [0.717, 1.165) is 42.8 Å². The van der Waals surface area contributed by atoms with Gasteiger partial charge in [0.05, 0.1) is 6.04 Å². The van der Waals surface area contributed by atoms with E-state index in [1.807, 2.05) is 6.92 Å². The molecule has 0 spiro atoms. The number of aryl methyl sites for hydroxylation is 2. The predicted octanol–water partition coefficient (Wildman–Crippen LogP) is 1.30. The summed E-state index contributed by atoms with van der Waals surface area (Å²) in [5.41, 5.74) is 8.75. The van der Waals surface area contributed by atoms with Gasteiger partial charge in [0.2, 0.25) is 5.91 Å². The molecule has 0 radical (unpaired) electrons. The molecular formula is C17H24N2O3. The molecular weight excluding hydrogens is 280 g/mol. The summed E-state index contributed by atoms with van der Waals surface area (Å²) < 4.78 is 5.75. The fourth-order valence-electron chi connectivity index (χ4n) is 3.77. The first-order valence-corrected chi connectivity index (χ1v) is 7.92. The van der Waals surface area contributed by atoms with Gasteiger partial charge in [-0.05, 0) is 45.3 Å². The van der Waals surface area contributed by atoms with E-state index >= 15 is 0 Å². The van der Waals surface area contributed by atoms with Gasteiger partial charge in [-0.2, -0.15) is 0 Å². The fourth-order valence-corrected chi connectivity index (χ4v) is 3.77. The normalized spacial score (nSPS) is 26.3. The summed E-state index contributed by atoms with van der Waals surface area (Å²) in [4.78, 5) is 13.6. The molecule has 5 nitrogen and oxygen atoms in total. The Kier molecular flexibility index (Phi) is 4.10. The van der Waals surface area contributed by atoms with E-state index in [1.54, 1.807) is 0 Å². The van der Waals surface area contributed by atoms with E-state index in [0.29, 0.717) is 6.61 Å². The van der Waals surface area contributed by atoms with E-state index in [4.69, 9.17) is 10.5 Å². The molecule has 1 fully saturated rings. The van der Waals surface area contributed by atoms with Gasteiger partial charge in [-0.25, -0.2) is 0 Å². The van der Waals surface area contributed by atoms with Crippen molar-refractivity contribution < 1.29 is 14.6 Å². The summed E-state index contributed by atoms with van der Waals surface area (Å²) in [5.74, 6) is 0.657. The molecule has 2 heterocycles. The number of piperidine rings is 1. The topological polar surface area (TPSA) is 75.8 Å². The number of nitrogens with two attached hydrogens (primary N) is 1. The number of likely N-dealkylation sites (tertiary alicyclic amines) is 1. The molecule has 0 bridgehead atoms. The zero-order chi connectivity index (χ0) is 15.9. The molecule has 3 N–H and O–H groups in total. The molecule has 1 aromatic carbocycles. The van der Waals surface area contributed by atoms with Crippen LogP contribution in [0.4, 0.5) is 0 Å². The SMILES string of the molecule is Cc1cc(C)c2c(c1)C(N1CCC(C(N)=O)CC1)C(O)CO2. The van der Waals surface area contributed by atoms with Crippen LogP contribution in [0.1, 0.15) is 35.6 Å². The fraction of sp³-hybridized carbons (Fsp3) is 0.588. The van der Waals surface area contributed by atoms with Crippen LogP contribution in [0, 0.1) is 19.8 Å². The van der Waals surface area contributed by atoms with E-state index in [9.17, 15) is 9.90 Å². The molecule has 0 aromatic heterocycles. The smallest absolute Gasteiger partial charge is 0.220 e. The van der Waals surface area contributed by atoms with E-state index in [1.165, 1.54) is 5.56 Å². The number of fused-ring (bicyclic) bond motifs is 1. The van der Waals surface area contributed by atoms with Gasteiger partial charge < -0.3 is 15.6 Å². The Bertz CT molecular complexity index is 580. The van der Waals surface area contributed by atoms with Crippen molar-refractivity contribution in [2.45, 2.75) is 38.8 Å². The zero-order valence-corrected chi connectivity index (χ0v) is 13.2. The van der Waals surface area contributed by atoms with Crippen molar-refractivity contribution >= 4 is 5.91 Å². The lowest BCUT2D eigenvalue weighted by Crippen LogP contribution is -2.47. The molecule has 1 aromatic rings. The van der Waals surface area contributed by atoms with Crippen molar-refractivity contribution in [3.8, 4) is 5.75 Å². The van der Waals surface area contributed by atoms with Gasteiger partial charge >= 0.3 is 0 Å². The Labute approximate surface area is 131 Å². The molecule has 0 aliphatic carbocycles. The van der Waals surface area contributed by atoms with Gasteiger partial charge in [0.25, 0.3) is 0 Å². The van der Waals surface area contributed by atoms with Crippen molar-refractivity contribution in [3.63, 3.8) is 0 Å². The highest BCUT2D eigenvalue weighted by Gasteiger charge is 2.37. The lowest BCUT2D eigenvalue weighted by molar-refractivity contribution is -0.123. The van der Waals surface area contributed by atoms with Crippen LogP contribution in [0.3, 0.4) is 0 Å². The van der Waals surface area contributed by atoms with Crippen molar-refractivity contribution in [1.82, 2.24) is 4.90 Å². The van der Waals surface area contributed by atoms with Crippen LogP contribution in [0.2, 0.25) is 0 Å². The molecule has 2 atom stereocenters. The standard InChI is InChI=1S/C17H24N2O3/c1-10-7-11(2)16-13(8-10)15(14(20)9-22-16)19-5-3-12(4-6-19)17(18)21/h7-8,12,14-15,20H,3-6,9H2,1-2H3,(H2,18,21). The Morgan fingerprint density at radius 2 is 2.00 bits per heavy atom. The molecule has 1 amide bonds. The number of carbonyl (C=O) groups is 1. The third-order valence-corrected chi connectivity index (χ3v) is 4.85. The minimum absolute atomic E-state index is 0.0352. The molecule has 120 valence electrons. The molecule has 22 heavy (non-hydrogen) atoms. The van der Waals surface area contributed by atoms with Gasteiger partial charge in [0.1, 0.15) is 18.5 Å². The molecule has 2 unspecified atom stereocenters. The van der Waals surface area contributed by atoms with Gasteiger partial charge in [-0.15, -0.1) is 0 Å². The molecule has 3 rings (SSSR count). The van der Waals surface area contributed by atoms with Crippen LogP contribution < -0.4 is 10.5 Å². The Balaban J connectivity index is 1.87. The molecule has 5 heteroatoms. The number of nitrogens with zero attached hydrogens (tertiary/aromatic N) is 1. The van der Waals surface area contributed by atoms with Gasteiger partial charge in [-0.3, -0.25) is 9.69 Å². The van der Waals surface area contributed by atoms with E-state index in [2.05, 4.69) is 24.0 Å². The summed E-state index contributed by atoms with van der Waals surface area (Å²) in [5, 5.41) is 10.5. The quantitative estimate of drug-likeness (QED) is 0.863. The Morgan fingerprint density at radius 3 is 2.64 bits per heavy atom. The van der Waals surface area contributed by atoms with Crippen LogP contribution in [-0.4, -0.2) is 41.7 Å². The van der Waals surface area contributed by atoms with E-state index < -0.39 is 6.10 Å². The highest BCUT2D eigenvalue weighted by molar-refractivity contribution is 5.76.